The predicted molar refractivity (Wildman–Crippen MR) is 70.2 cm³/mol. The van der Waals surface area contributed by atoms with Crippen LogP contribution in [0, 0.1) is 5.41 Å². The summed E-state index contributed by atoms with van der Waals surface area (Å²) in [5, 5.41) is 9.18. The summed E-state index contributed by atoms with van der Waals surface area (Å²) in [6, 6.07) is 0.611. The number of aliphatic carboxylic acids is 1. The van der Waals surface area contributed by atoms with Crippen molar-refractivity contribution in [3.8, 4) is 0 Å². The molecule has 1 heterocycles. The lowest BCUT2D eigenvalue weighted by atomic mass is 9.80. The van der Waals surface area contributed by atoms with E-state index in [1.54, 1.807) is 0 Å². The fourth-order valence-corrected chi connectivity index (χ4v) is 2.54. The highest BCUT2D eigenvalue weighted by Gasteiger charge is 2.37. The molecule has 1 fully saturated rings. The Kier molecular flexibility index (Phi) is 5.44. The van der Waals surface area contributed by atoms with Crippen molar-refractivity contribution < 1.29 is 9.90 Å². The van der Waals surface area contributed by atoms with Crippen LogP contribution in [0.15, 0.2) is 0 Å². The quantitative estimate of drug-likeness (QED) is 0.726. The second kappa shape index (κ2) is 6.39. The molecule has 3 nitrogen and oxygen atoms in total. The van der Waals surface area contributed by atoms with E-state index in [1.807, 2.05) is 6.92 Å². The van der Waals surface area contributed by atoms with Gasteiger partial charge in [-0.05, 0) is 46.2 Å². The van der Waals surface area contributed by atoms with Crippen LogP contribution in [0.4, 0.5) is 0 Å². The van der Waals surface area contributed by atoms with Gasteiger partial charge in [0, 0.05) is 6.04 Å². The average Bonchev–Trinajstić information content (AvgIpc) is 2.30. The van der Waals surface area contributed by atoms with Gasteiger partial charge in [0.1, 0.15) is 0 Å². The van der Waals surface area contributed by atoms with Crippen LogP contribution < -0.4 is 0 Å². The molecule has 0 spiro atoms. The highest BCUT2D eigenvalue weighted by atomic mass is 16.4. The van der Waals surface area contributed by atoms with Gasteiger partial charge >= 0.3 is 5.97 Å². The Labute approximate surface area is 105 Å². The van der Waals surface area contributed by atoms with Crippen LogP contribution in [0.2, 0.25) is 0 Å². The van der Waals surface area contributed by atoms with Crippen molar-refractivity contribution in [1.29, 1.82) is 0 Å². The van der Waals surface area contributed by atoms with Crippen molar-refractivity contribution in [1.82, 2.24) is 4.90 Å². The van der Waals surface area contributed by atoms with Crippen molar-refractivity contribution in [2.24, 2.45) is 5.41 Å². The smallest absolute Gasteiger partial charge is 0.309 e. The van der Waals surface area contributed by atoms with E-state index in [-0.39, 0.29) is 0 Å². The molecule has 0 bridgehead atoms. The summed E-state index contributed by atoms with van der Waals surface area (Å²) in [4.78, 5) is 13.6. The lowest BCUT2D eigenvalue weighted by Gasteiger charge is -2.39. The Morgan fingerprint density at radius 2 is 1.94 bits per heavy atom. The zero-order valence-corrected chi connectivity index (χ0v) is 11.5. The number of piperidine rings is 1. The molecule has 0 aromatic carbocycles. The van der Waals surface area contributed by atoms with Gasteiger partial charge in [-0.15, -0.1) is 0 Å². The minimum Gasteiger partial charge on any atom is -0.481 e. The molecule has 0 radical (unpaired) electrons. The second-order valence-corrected chi connectivity index (χ2v) is 5.75. The monoisotopic (exact) mass is 241 g/mol. The third-order valence-corrected chi connectivity index (χ3v) is 4.27. The van der Waals surface area contributed by atoms with E-state index in [2.05, 4.69) is 18.7 Å². The Morgan fingerprint density at radius 3 is 2.41 bits per heavy atom. The van der Waals surface area contributed by atoms with Crippen LogP contribution in [-0.4, -0.2) is 35.1 Å². The van der Waals surface area contributed by atoms with Crippen LogP contribution in [0.1, 0.15) is 59.3 Å². The summed E-state index contributed by atoms with van der Waals surface area (Å²) in [6.07, 6.45) is 6.71. The first-order valence-electron chi connectivity index (χ1n) is 6.97. The molecule has 1 aliphatic heterocycles. The summed E-state index contributed by atoms with van der Waals surface area (Å²) in [7, 11) is 0. The number of hydrogen-bond acceptors (Lipinski definition) is 2. The number of carboxylic acids is 1. The maximum Gasteiger partial charge on any atom is 0.309 e. The molecule has 1 N–H and O–H groups in total. The molecule has 17 heavy (non-hydrogen) atoms. The molecule has 0 aromatic rings. The Balaban J connectivity index is 2.33. The van der Waals surface area contributed by atoms with Gasteiger partial charge in [0.2, 0.25) is 0 Å². The number of nitrogens with zero attached hydrogens (tertiary/aromatic N) is 1. The lowest BCUT2D eigenvalue weighted by molar-refractivity contribution is -0.151. The molecule has 100 valence electrons. The number of unbranched alkanes of at least 4 members (excludes halogenated alkanes) is 2. The normalized spacial score (nSPS) is 22.3. The van der Waals surface area contributed by atoms with E-state index < -0.39 is 11.4 Å². The van der Waals surface area contributed by atoms with Crippen LogP contribution in [0.5, 0.6) is 0 Å². The van der Waals surface area contributed by atoms with E-state index in [4.69, 9.17) is 0 Å². The van der Waals surface area contributed by atoms with Gasteiger partial charge in [-0.3, -0.25) is 4.79 Å². The van der Waals surface area contributed by atoms with Crippen molar-refractivity contribution in [3.05, 3.63) is 0 Å². The first-order valence-corrected chi connectivity index (χ1v) is 6.97. The number of hydrogen-bond donors (Lipinski definition) is 1. The van der Waals surface area contributed by atoms with Crippen molar-refractivity contribution in [2.75, 3.05) is 13.1 Å². The third-order valence-electron chi connectivity index (χ3n) is 4.27. The summed E-state index contributed by atoms with van der Waals surface area (Å²) in [6.45, 7) is 8.27. The molecular weight excluding hydrogens is 214 g/mol. The standard InChI is InChI=1S/C14H27NO2/c1-4-5-6-7-12(2)15-10-8-14(3,9-11-15)13(16)17/h12H,4-11H2,1-3H3,(H,16,17). The Bertz CT molecular complexity index is 245. The molecule has 0 saturated carbocycles. The summed E-state index contributed by atoms with van der Waals surface area (Å²) in [5.74, 6) is -0.629. The Morgan fingerprint density at radius 1 is 1.35 bits per heavy atom. The van der Waals surface area contributed by atoms with E-state index in [0.717, 1.165) is 25.9 Å². The fourth-order valence-electron chi connectivity index (χ4n) is 2.54. The molecule has 0 aromatic heterocycles. The van der Waals surface area contributed by atoms with E-state index in [1.165, 1.54) is 25.7 Å². The number of likely N-dealkylation sites (tertiary alicyclic amines) is 1. The fraction of sp³-hybridized carbons (Fsp3) is 0.929. The summed E-state index contributed by atoms with van der Waals surface area (Å²) in [5.41, 5.74) is -0.486. The first-order chi connectivity index (χ1) is 7.99. The van der Waals surface area contributed by atoms with E-state index in [9.17, 15) is 9.90 Å². The largest absolute Gasteiger partial charge is 0.481 e. The molecule has 0 aliphatic carbocycles. The van der Waals surface area contributed by atoms with E-state index >= 15 is 0 Å². The van der Waals surface area contributed by atoms with Gasteiger partial charge in [0.05, 0.1) is 5.41 Å². The minimum atomic E-state index is -0.629. The molecule has 1 rings (SSSR count). The van der Waals surface area contributed by atoms with Crippen LogP contribution in [0.3, 0.4) is 0 Å². The third kappa shape index (κ3) is 3.98. The van der Waals surface area contributed by atoms with E-state index in [0.29, 0.717) is 6.04 Å². The summed E-state index contributed by atoms with van der Waals surface area (Å²) >= 11 is 0. The Hall–Kier alpha value is -0.570. The molecule has 1 saturated heterocycles. The molecule has 0 amide bonds. The highest BCUT2D eigenvalue weighted by molar-refractivity contribution is 5.74. The number of carbonyl (C=O) groups is 1. The number of rotatable bonds is 6. The van der Waals surface area contributed by atoms with Gasteiger partial charge in [-0.1, -0.05) is 26.2 Å². The van der Waals surface area contributed by atoms with Crippen molar-refractivity contribution in [2.45, 2.75) is 65.3 Å². The zero-order valence-electron chi connectivity index (χ0n) is 11.5. The number of carboxylic acid groups (broad SMARTS) is 1. The van der Waals surface area contributed by atoms with Gasteiger partial charge in [0.25, 0.3) is 0 Å². The predicted octanol–water partition coefficient (Wildman–Crippen LogP) is 3.14. The SMILES string of the molecule is CCCCCC(C)N1CCC(C)(C(=O)O)CC1. The maximum absolute atomic E-state index is 11.1. The first kappa shape index (κ1) is 14.5. The van der Waals surface area contributed by atoms with Gasteiger partial charge in [-0.25, -0.2) is 0 Å². The lowest BCUT2D eigenvalue weighted by Crippen LogP contribution is -2.46. The van der Waals surface area contributed by atoms with Gasteiger partial charge in [0.15, 0.2) is 0 Å². The van der Waals surface area contributed by atoms with Crippen LogP contribution in [0.25, 0.3) is 0 Å². The van der Waals surface area contributed by atoms with Gasteiger partial charge in [-0.2, -0.15) is 0 Å². The maximum atomic E-state index is 11.1. The molecule has 1 atom stereocenters. The van der Waals surface area contributed by atoms with Crippen molar-refractivity contribution >= 4 is 5.97 Å². The molecule has 1 aliphatic rings. The summed E-state index contributed by atoms with van der Waals surface area (Å²) < 4.78 is 0. The molecule has 1 unspecified atom stereocenters. The zero-order chi connectivity index (χ0) is 12.9. The van der Waals surface area contributed by atoms with Crippen molar-refractivity contribution in [3.63, 3.8) is 0 Å². The van der Waals surface area contributed by atoms with Crippen LogP contribution >= 0.6 is 0 Å². The second-order valence-electron chi connectivity index (χ2n) is 5.75. The molecule has 3 heteroatoms. The average molecular weight is 241 g/mol. The van der Waals surface area contributed by atoms with Gasteiger partial charge < -0.3 is 10.0 Å². The molecular formula is C14H27NO2. The highest BCUT2D eigenvalue weighted by Crippen LogP contribution is 2.32. The topological polar surface area (TPSA) is 40.5 Å². The minimum absolute atomic E-state index is 0.486. The van der Waals surface area contributed by atoms with Crippen LogP contribution in [-0.2, 0) is 4.79 Å².